The van der Waals surface area contributed by atoms with Crippen LogP contribution in [0.25, 0.3) is 0 Å². The SMILES string of the molecule is COc1c(Cl)ccc(C(C)CC=O)c1OC. The van der Waals surface area contributed by atoms with Crippen LogP contribution in [0.15, 0.2) is 12.1 Å². The molecule has 88 valence electrons. The van der Waals surface area contributed by atoms with E-state index in [1.54, 1.807) is 13.2 Å². The quantitative estimate of drug-likeness (QED) is 0.745. The summed E-state index contributed by atoms with van der Waals surface area (Å²) < 4.78 is 10.5. The first kappa shape index (κ1) is 12.8. The van der Waals surface area contributed by atoms with Gasteiger partial charge in [0.1, 0.15) is 6.29 Å². The number of hydrogen-bond donors (Lipinski definition) is 0. The number of carbonyl (C=O) groups excluding carboxylic acids is 1. The molecular formula is C12H15ClO3. The zero-order chi connectivity index (χ0) is 12.1. The van der Waals surface area contributed by atoms with Crippen LogP contribution in [-0.2, 0) is 4.79 Å². The van der Waals surface area contributed by atoms with E-state index in [0.29, 0.717) is 22.9 Å². The predicted octanol–water partition coefficient (Wildman–Crippen LogP) is 3.05. The van der Waals surface area contributed by atoms with E-state index in [2.05, 4.69) is 0 Å². The second-order valence-corrected chi connectivity index (χ2v) is 3.91. The van der Waals surface area contributed by atoms with Gasteiger partial charge in [-0.2, -0.15) is 0 Å². The first-order chi connectivity index (χ1) is 7.65. The number of rotatable bonds is 5. The molecule has 0 radical (unpaired) electrons. The molecule has 16 heavy (non-hydrogen) atoms. The monoisotopic (exact) mass is 242 g/mol. The zero-order valence-corrected chi connectivity index (χ0v) is 10.4. The van der Waals surface area contributed by atoms with Crippen LogP contribution < -0.4 is 9.47 Å². The lowest BCUT2D eigenvalue weighted by molar-refractivity contribution is -0.108. The fraction of sp³-hybridized carbons (Fsp3) is 0.417. The largest absolute Gasteiger partial charge is 0.493 e. The van der Waals surface area contributed by atoms with Crippen molar-refractivity contribution in [3.05, 3.63) is 22.7 Å². The molecule has 1 aromatic carbocycles. The Balaban J connectivity index is 3.23. The summed E-state index contributed by atoms with van der Waals surface area (Å²) >= 11 is 5.99. The first-order valence-corrected chi connectivity index (χ1v) is 5.37. The molecule has 4 heteroatoms. The molecule has 1 atom stereocenters. The van der Waals surface area contributed by atoms with Crippen molar-refractivity contribution in [3.8, 4) is 11.5 Å². The minimum Gasteiger partial charge on any atom is -0.493 e. The highest BCUT2D eigenvalue weighted by Gasteiger charge is 2.17. The first-order valence-electron chi connectivity index (χ1n) is 4.99. The van der Waals surface area contributed by atoms with E-state index < -0.39 is 0 Å². The molecule has 0 fully saturated rings. The minimum absolute atomic E-state index is 0.0821. The van der Waals surface area contributed by atoms with Gasteiger partial charge in [-0.05, 0) is 12.0 Å². The zero-order valence-electron chi connectivity index (χ0n) is 9.62. The van der Waals surface area contributed by atoms with Gasteiger partial charge < -0.3 is 14.3 Å². The Bertz CT molecular complexity index is 377. The van der Waals surface area contributed by atoms with Crippen molar-refractivity contribution in [2.24, 2.45) is 0 Å². The maximum absolute atomic E-state index is 10.5. The third kappa shape index (κ3) is 2.47. The van der Waals surface area contributed by atoms with E-state index in [4.69, 9.17) is 21.1 Å². The summed E-state index contributed by atoms with van der Waals surface area (Å²) in [7, 11) is 3.10. The molecular weight excluding hydrogens is 228 g/mol. The average molecular weight is 243 g/mol. The van der Waals surface area contributed by atoms with E-state index >= 15 is 0 Å². The lowest BCUT2D eigenvalue weighted by atomic mass is 9.97. The molecule has 0 saturated carbocycles. The second-order valence-electron chi connectivity index (χ2n) is 3.51. The van der Waals surface area contributed by atoms with Crippen molar-refractivity contribution in [1.82, 2.24) is 0 Å². The van der Waals surface area contributed by atoms with Gasteiger partial charge >= 0.3 is 0 Å². The van der Waals surface area contributed by atoms with E-state index in [1.165, 1.54) is 7.11 Å². The maximum atomic E-state index is 10.5. The van der Waals surface area contributed by atoms with E-state index in [9.17, 15) is 4.79 Å². The summed E-state index contributed by atoms with van der Waals surface area (Å²) in [4.78, 5) is 10.5. The van der Waals surface area contributed by atoms with Crippen LogP contribution in [0.5, 0.6) is 11.5 Å². The van der Waals surface area contributed by atoms with Crippen LogP contribution in [0.4, 0.5) is 0 Å². The van der Waals surface area contributed by atoms with Crippen LogP contribution in [-0.4, -0.2) is 20.5 Å². The number of ether oxygens (including phenoxy) is 2. The molecule has 0 heterocycles. The van der Waals surface area contributed by atoms with Gasteiger partial charge in [0, 0.05) is 12.0 Å². The van der Waals surface area contributed by atoms with E-state index in [0.717, 1.165) is 11.8 Å². The van der Waals surface area contributed by atoms with Gasteiger partial charge in [0.2, 0.25) is 0 Å². The number of halogens is 1. The fourth-order valence-electron chi connectivity index (χ4n) is 1.61. The third-order valence-corrected chi connectivity index (χ3v) is 2.78. The average Bonchev–Trinajstić information content (AvgIpc) is 2.28. The van der Waals surface area contributed by atoms with Gasteiger partial charge in [-0.1, -0.05) is 24.6 Å². The van der Waals surface area contributed by atoms with Crippen molar-refractivity contribution >= 4 is 17.9 Å². The molecule has 0 aliphatic rings. The van der Waals surface area contributed by atoms with Crippen LogP contribution in [0.2, 0.25) is 5.02 Å². The number of carbonyl (C=O) groups is 1. The van der Waals surface area contributed by atoms with Crippen LogP contribution in [0, 0.1) is 0 Å². The molecule has 0 aliphatic carbocycles. The third-order valence-electron chi connectivity index (χ3n) is 2.48. The van der Waals surface area contributed by atoms with Crippen molar-refractivity contribution < 1.29 is 14.3 Å². The van der Waals surface area contributed by atoms with Crippen molar-refractivity contribution in [2.75, 3.05) is 14.2 Å². The molecule has 0 N–H and O–H groups in total. The Labute approximate surface area is 100 Å². The Kier molecular flexibility index (Phi) is 4.62. The van der Waals surface area contributed by atoms with Gasteiger partial charge in [-0.3, -0.25) is 0 Å². The fourth-order valence-corrected chi connectivity index (χ4v) is 1.84. The van der Waals surface area contributed by atoms with Crippen LogP contribution in [0.3, 0.4) is 0 Å². The Morgan fingerprint density at radius 3 is 2.44 bits per heavy atom. The van der Waals surface area contributed by atoms with Crippen LogP contribution in [0.1, 0.15) is 24.8 Å². The molecule has 0 saturated heterocycles. The molecule has 0 aromatic heterocycles. The Hall–Kier alpha value is -1.22. The van der Waals surface area contributed by atoms with Gasteiger partial charge in [0.15, 0.2) is 11.5 Å². The lowest BCUT2D eigenvalue weighted by Crippen LogP contribution is -2.01. The highest BCUT2D eigenvalue weighted by molar-refractivity contribution is 6.32. The van der Waals surface area contributed by atoms with Crippen molar-refractivity contribution in [3.63, 3.8) is 0 Å². The topological polar surface area (TPSA) is 35.5 Å². The van der Waals surface area contributed by atoms with E-state index in [-0.39, 0.29) is 5.92 Å². The molecule has 0 spiro atoms. The molecule has 1 rings (SSSR count). The number of aldehydes is 1. The number of hydrogen-bond acceptors (Lipinski definition) is 3. The normalized spacial score (nSPS) is 12.0. The second kappa shape index (κ2) is 5.75. The lowest BCUT2D eigenvalue weighted by Gasteiger charge is -2.17. The van der Waals surface area contributed by atoms with Gasteiger partial charge in [0.25, 0.3) is 0 Å². The van der Waals surface area contributed by atoms with Gasteiger partial charge in [-0.25, -0.2) is 0 Å². The Morgan fingerprint density at radius 1 is 1.31 bits per heavy atom. The summed E-state index contributed by atoms with van der Waals surface area (Å²) in [6.45, 7) is 1.96. The summed E-state index contributed by atoms with van der Waals surface area (Å²) in [5.41, 5.74) is 0.927. The maximum Gasteiger partial charge on any atom is 0.179 e. The highest BCUT2D eigenvalue weighted by Crippen LogP contribution is 2.41. The minimum atomic E-state index is 0.0821. The number of benzene rings is 1. The molecule has 0 amide bonds. The van der Waals surface area contributed by atoms with E-state index in [1.807, 2.05) is 13.0 Å². The molecule has 0 bridgehead atoms. The van der Waals surface area contributed by atoms with Gasteiger partial charge in [-0.15, -0.1) is 0 Å². The van der Waals surface area contributed by atoms with Crippen molar-refractivity contribution in [2.45, 2.75) is 19.3 Å². The molecule has 1 aromatic rings. The Morgan fingerprint density at radius 2 is 1.94 bits per heavy atom. The molecule has 1 unspecified atom stereocenters. The van der Waals surface area contributed by atoms with Crippen molar-refractivity contribution in [1.29, 1.82) is 0 Å². The predicted molar refractivity (Wildman–Crippen MR) is 63.7 cm³/mol. The summed E-state index contributed by atoms with van der Waals surface area (Å²) in [6, 6.07) is 3.61. The summed E-state index contributed by atoms with van der Waals surface area (Å²) in [5.74, 6) is 1.20. The highest BCUT2D eigenvalue weighted by atomic mass is 35.5. The van der Waals surface area contributed by atoms with Crippen LogP contribution >= 0.6 is 11.6 Å². The number of methoxy groups -OCH3 is 2. The van der Waals surface area contributed by atoms with Gasteiger partial charge in [0.05, 0.1) is 19.2 Å². The summed E-state index contributed by atoms with van der Waals surface area (Å²) in [6.07, 6.45) is 1.34. The smallest absolute Gasteiger partial charge is 0.179 e. The molecule has 0 aliphatic heterocycles. The summed E-state index contributed by atoms with van der Waals surface area (Å²) in [5, 5.41) is 0.501. The molecule has 3 nitrogen and oxygen atoms in total. The standard InChI is InChI=1S/C12H15ClO3/c1-8(6-7-14)9-4-5-10(13)12(16-3)11(9)15-2/h4-5,7-8H,6H2,1-3H3.